The number of nitrogens with zero attached hydrogens (tertiary/aromatic N) is 1. The zero-order valence-corrected chi connectivity index (χ0v) is 11.6. The van der Waals surface area contributed by atoms with E-state index in [1.54, 1.807) is 0 Å². The number of hydrogen-bond donors (Lipinski definition) is 0. The molecule has 0 N–H and O–H groups in total. The number of amides is 1. The molecule has 1 fully saturated rings. The van der Waals surface area contributed by atoms with Gasteiger partial charge in [0.25, 0.3) is 0 Å². The Balaban J connectivity index is 1.78. The highest BCUT2D eigenvalue weighted by Crippen LogP contribution is 2.51. The summed E-state index contributed by atoms with van der Waals surface area (Å²) in [6, 6.07) is 7.94. The van der Waals surface area contributed by atoms with Crippen LogP contribution in [-0.2, 0) is 4.79 Å². The van der Waals surface area contributed by atoms with Crippen LogP contribution in [0.15, 0.2) is 42.5 Å². The van der Waals surface area contributed by atoms with Crippen molar-refractivity contribution >= 4 is 11.6 Å². The Kier molecular flexibility index (Phi) is 2.81. The standard InChI is InChI=1S/C16H10F3NO3/c17-11-4-2-1-3-10(11)14-16(18,19)15(21)20(14)9-5-6-12-13(7-9)23-8-22-12/h1-7,14H,8H2. The number of fused-ring (bicyclic) bond motifs is 1. The largest absolute Gasteiger partial charge is 0.454 e. The van der Waals surface area contributed by atoms with E-state index >= 15 is 0 Å². The number of halogens is 3. The molecule has 2 aromatic rings. The Hall–Kier alpha value is -2.70. The highest BCUT2D eigenvalue weighted by atomic mass is 19.3. The molecule has 1 amide bonds. The van der Waals surface area contributed by atoms with E-state index in [4.69, 9.17) is 9.47 Å². The number of ether oxygens (including phenoxy) is 2. The summed E-state index contributed by atoms with van der Waals surface area (Å²) in [5.41, 5.74) is -0.0202. The molecule has 2 aromatic carbocycles. The lowest BCUT2D eigenvalue weighted by atomic mass is 9.88. The van der Waals surface area contributed by atoms with Crippen molar-refractivity contribution in [3.05, 3.63) is 53.8 Å². The third kappa shape index (κ3) is 1.89. The van der Waals surface area contributed by atoms with Gasteiger partial charge in [0.2, 0.25) is 6.79 Å². The first-order valence-corrected chi connectivity index (χ1v) is 6.85. The number of β-lactam (4-membered cyclic amide) rings is 1. The molecule has 0 bridgehead atoms. The second kappa shape index (κ2) is 4.65. The molecule has 2 aliphatic heterocycles. The minimum absolute atomic E-state index is 0.0274. The molecule has 4 rings (SSSR count). The van der Waals surface area contributed by atoms with Crippen molar-refractivity contribution in [1.29, 1.82) is 0 Å². The molecule has 0 spiro atoms. The monoisotopic (exact) mass is 321 g/mol. The molecule has 1 saturated heterocycles. The van der Waals surface area contributed by atoms with E-state index in [1.165, 1.54) is 36.4 Å². The third-order valence-electron chi connectivity index (χ3n) is 3.94. The second-order valence-corrected chi connectivity index (χ2v) is 5.26. The summed E-state index contributed by atoms with van der Waals surface area (Å²) in [7, 11) is 0. The van der Waals surface area contributed by atoms with Crippen LogP contribution in [0.25, 0.3) is 0 Å². The molecule has 1 unspecified atom stereocenters. The summed E-state index contributed by atoms with van der Waals surface area (Å²) in [4.78, 5) is 12.7. The molecular formula is C16H10F3NO3. The van der Waals surface area contributed by atoms with Gasteiger partial charge in [-0.05, 0) is 18.2 Å². The van der Waals surface area contributed by atoms with Crippen molar-refractivity contribution in [1.82, 2.24) is 0 Å². The Morgan fingerprint density at radius 3 is 2.61 bits per heavy atom. The molecule has 1 atom stereocenters. The van der Waals surface area contributed by atoms with Gasteiger partial charge in [-0.15, -0.1) is 0 Å². The maximum Gasteiger partial charge on any atom is 0.349 e. The predicted molar refractivity (Wildman–Crippen MR) is 74.1 cm³/mol. The molecule has 0 aliphatic carbocycles. The average Bonchev–Trinajstić information content (AvgIpc) is 3.00. The molecule has 118 valence electrons. The van der Waals surface area contributed by atoms with Crippen LogP contribution in [0.2, 0.25) is 0 Å². The molecule has 2 heterocycles. The Bertz CT molecular complexity index is 809. The van der Waals surface area contributed by atoms with Crippen LogP contribution in [-0.4, -0.2) is 18.6 Å². The SMILES string of the molecule is O=C1N(c2ccc3c(c2)OCO3)C(c2ccccc2F)C1(F)F. The first-order chi connectivity index (χ1) is 11.0. The van der Waals surface area contributed by atoms with Crippen molar-refractivity contribution in [2.45, 2.75) is 12.0 Å². The van der Waals surface area contributed by atoms with E-state index in [9.17, 15) is 18.0 Å². The summed E-state index contributed by atoms with van der Waals surface area (Å²) in [5, 5.41) is 0. The molecule has 7 heteroatoms. The van der Waals surface area contributed by atoms with Crippen LogP contribution in [0.5, 0.6) is 11.5 Å². The maximum absolute atomic E-state index is 14.1. The van der Waals surface area contributed by atoms with E-state index in [-0.39, 0.29) is 18.0 Å². The number of carbonyl (C=O) groups is 1. The van der Waals surface area contributed by atoms with Crippen LogP contribution in [0.3, 0.4) is 0 Å². The van der Waals surface area contributed by atoms with Gasteiger partial charge in [-0.2, -0.15) is 8.78 Å². The number of anilines is 1. The molecule has 2 aliphatic rings. The van der Waals surface area contributed by atoms with Crippen LogP contribution >= 0.6 is 0 Å². The lowest BCUT2D eigenvalue weighted by Gasteiger charge is -2.46. The van der Waals surface area contributed by atoms with Gasteiger partial charge in [0.1, 0.15) is 11.9 Å². The van der Waals surface area contributed by atoms with Gasteiger partial charge >= 0.3 is 11.8 Å². The Morgan fingerprint density at radius 1 is 1.09 bits per heavy atom. The summed E-state index contributed by atoms with van der Waals surface area (Å²) in [6.07, 6.45) is 0. The van der Waals surface area contributed by atoms with Crippen molar-refractivity contribution in [3.63, 3.8) is 0 Å². The summed E-state index contributed by atoms with van der Waals surface area (Å²) in [5.74, 6) is -4.98. The minimum Gasteiger partial charge on any atom is -0.454 e. The predicted octanol–water partition coefficient (Wildman–Crippen LogP) is 3.28. The number of alkyl halides is 2. The van der Waals surface area contributed by atoms with Gasteiger partial charge in [-0.3, -0.25) is 9.69 Å². The first kappa shape index (κ1) is 13.9. The van der Waals surface area contributed by atoms with E-state index in [2.05, 4.69) is 0 Å². The zero-order valence-electron chi connectivity index (χ0n) is 11.6. The average molecular weight is 321 g/mol. The van der Waals surface area contributed by atoms with Crippen LogP contribution in [0.1, 0.15) is 11.6 Å². The van der Waals surface area contributed by atoms with E-state index in [1.807, 2.05) is 0 Å². The fourth-order valence-corrected chi connectivity index (χ4v) is 2.82. The maximum atomic E-state index is 14.1. The summed E-state index contributed by atoms with van der Waals surface area (Å²) >= 11 is 0. The fourth-order valence-electron chi connectivity index (χ4n) is 2.82. The second-order valence-electron chi connectivity index (χ2n) is 5.26. The normalized spacial score (nSPS) is 21.3. The highest BCUT2D eigenvalue weighted by Gasteiger charge is 2.65. The smallest absolute Gasteiger partial charge is 0.349 e. The zero-order chi connectivity index (χ0) is 16.2. The van der Waals surface area contributed by atoms with Gasteiger partial charge in [0.05, 0.1) is 0 Å². The van der Waals surface area contributed by atoms with Gasteiger partial charge in [0.15, 0.2) is 11.5 Å². The molecule has 4 nitrogen and oxygen atoms in total. The minimum atomic E-state index is -3.65. The van der Waals surface area contributed by atoms with E-state index in [0.29, 0.717) is 11.5 Å². The van der Waals surface area contributed by atoms with Gasteiger partial charge in [-0.1, -0.05) is 18.2 Å². The van der Waals surface area contributed by atoms with E-state index < -0.39 is 23.7 Å². The number of rotatable bonds is 2. The molecule has 0 radical (unpaired) electrons. The van der Waals surface area contributed by atoms with Crippen molar-refractivity contribution in [3.8, 4) is 11.5 Å². The topological polar surface area (TPSA) is 38.8 Å². The lowest BCUT2D eigenvalue weighted by molar-refractivity contribution is -0.162. The number of hydrogen-bond acceptors (Lipinski definition) is 3. The molecular weight excluding hydrogens is 311 g/mol. The van der Waals surface area contributed by atoms with E-state index in [0.717, 1.165) is 11.0 Å². The highest BCUT2D eigenvalue weighted by molar-refractivity contribution is 6.07. The Morgan fingerprint density at radius 2 is 1.83 bits per heavy atom. The lowest BCUT2D eigenvalue weighted by Crippen LogP contribution is -2.64. The van der Waals surface area contributed by atoms with Crippen LogP contribution in [0, 0.1) is 5.82 Å². The number of carbonyl (C=O) groups excluding carboxylic acids is 1. The third-order valence-corrected chi connectivity index (χ3v) is 3.94. The number of benzene rings is 2. The molecule has 0 aromatic heterocycles. The van der Waals surface area contributed by atoms with Crippen LogP contribution < -0.4 is 14.4 Å². The van der Waals surface area contributed by atoms with Gasteiger partial charge in [-0.25, -0.2) is 4.39 Å². The summed E-state index contributed by atoms with van der Waals surface area (Å²) in [6.45, 7) is 0.0274. The quantitative estimate of drug-likeness (QED) is 0.797. The van der Waals surface area contributed by atoms with Crippen LogP contribution in [0.4, 0.5) is 18.9 Å². The van der Waals surface area contributed by atoms with Crippen molar-refractivity contribution in [2.24, 2.45) is 0 Å². The summed E-state index contributed by atoms with van der Waals surface area (Å²) < 4.78 is 52.4. The van der Waals surface area contributed by atoms with Crippen molar-refractivity contribution in [2.75, 3.05) is 11.7 Å². The van der Waals surface area contributed by atoms with Gasteiger partial charge < -0.3 is 9.47 Å². The first-order valence-electron chi connectivity index (χ1n) is 6.85. The Labute approximate surface area is 129 Å². The van der Waals surface area contributed by atoms with Crippen molar-refractivity contribution < 1.29 is 27.4 Å². The molecule has 23 heavy (non-hydrogen) atoms. The van der Waals surface area contributed by atoms with Gasteiger partial charge in [0, 0.05) is 17.3 Å². The molecule has 0 saturated carbocycles. The fraction of sp³-hybridized carbons (Fsp3) is 0.188.